The Hall–Kier alpha value is -4.80. The largest absolute Gasteiger partial charge is 0.507 e. The van der Waals surface area contributed by atoms with Crippen LogP contribution in [0, 0.1) is 10.4 Å². The number of aliphatic hydroxyl groups is 2. The van der Waals surface area contributed by atoms with Crippen LogP contribution in [0.3, 0.4) is 0 Å². The molecule has 2 aromatic rings. The maximum absolute atomic E-state index is 13.5. The van der Waals surface area contributed by atoms with E-state index < -0.39 is 89.3 Å². The minimum atomic E-state index is -1.39. The van der Waals surface area contributed by atoms with E-state index in [2.05, 4.69) is 0 Å². The van der Waals surface area contributed by atoms with E-state index in [4.69, 9.17) is 0 Å². The summed E-state index contributed by atoms with van der Waals surface area (Å²) >= 11 is 0. The SMILES string of the molecule is CC(C)=CC[C@@H](O)c1cc(=O)c2c(=O)c(-c3cc(O)c4c(O)c([C@@H](O)CC=C(C)C)cc(O)c4c3O)cc(=O)c=2c1=O. The van der Waals surface area contributed by atoms with Gasteiger partial charge in [0, 0.05) is 22.3 Å². The van der Waals surface area contributed by atoms with Crippen molar-refractivity contribution in [2.45, 2.75) is 52.7 Å². The van der Waals surface area contributed by atoms with Crippen molar-refractivity contribution in [2.24, 2.45) is 0 Å². The molecule has 2 atom stereocenters. The van der Waals surface area contributed by atoms with Crippen molar-refractivity contribution in [2.75, 3.05) is 0 Å². The quantitative estimate of drug-likeness (QED) is 0.141. The number of aliphatic hydroxyl groups excluding tert-OH is 2. The number of aromatic hydroxyl groups is 4. The monoisotopic (exact) mass is 574 g/mol. The fourth-order valence-electron chi connectivity index (χ4n) is 4.96. The molecule has 10 nitrogen and oxygen atoms in total. The molecule has 0 fully saturated rings. The minimum Gasteiger partial charge on any atom is -0.507 e. The highest BCUT2D eigenvalue weighted by molar-refractivity contribution is 6.06. The van der Waals surface area contributed by atoms with Gasteiger partial charge in [0.2, 0.25) is 0 Å². The zero-order valence-corrected chi connectivity index (χ0v) is 23.3. The van der Waals surface area contributed by atoms with Crippen LogP contribution in [0.5, 0.6) is 23.0 Å². The molecule has 2 aliphatic rings. The maximum atomic E-state index is 13.5. The van der Waals surface area contributed by atoms with E-state index >= 15 is 0 Å². The molecule has 0 amide bonds. The fraction of sp³-hybridized carbons (Fsp3) is 0.250. The smallest absolute Gasteiger partial charge is 0.198 e. The first-order valence-corrected chi connectivity index (χ1v) is 13.1. The molecule has 0 radical (unpaired) electrons. The lowest BCUT2D eigenvalue weighted by Gasteiger charge is -2.17. The molecule has 0 aromatic heterocycles. The molecule has 2 aromatic carbocycles. The summed E-state index contributed by atoms with van der Waals surface area (Å²) in [4.78, 5) is 52.7. The fourth-order valence-corrected chi connectivity index (χ4v) is 4.96. The van der Waals surface area contributed by atoms with Crippen molar-refractivity contribution in [1.82, 2.24) is 0 Å². The third-order valence-electron chi connectivity index (χ3n) is 7.11. The molecule has 42 heavy (non-hydrogen) atoms. The molecule has 0 saturated carbocycles. The van der Waals surface area contributed by atoms with Crippen molar-refractivity contribution in [3.63, 3.8) is 0 Å². The number of hydrogen-bond acceptors (Lipinski definition) is 10. The number of benzene rings is 2. The Balaban J connectivity index is 2.00. The second-order valence-corrected chi connectivity index (χ2v) is 10.7. The Kier molecular flexibility index (Phi) is 8.07. The van der Waals surface area contributed by atoms with Gasteiger partial charge in [0.25, 0.3) is 0 Å². The molecule has 0 heterocycles. The molecular formula is C32H30O10. The number of phenols is 4. The number of phenolic OH excluding ortho intramolecular Hbond substituents is 4. The lowest BCUT2D eigenvalue weighted by molar-refractivity contribution is 0.177. The summed E-state index contributed by atoms with van der Waals surface area (Å²) in [7, 11) is 0. The Morgan fingerprint density at radius 2 is 1.10 bits per heavy atom. The van der Waals surface area contributed by atoms with E-state index in [0.717, 1.165) is 35.4 Å². The zero-order chi connectivity index (χ0) is 31.2. The van der Waals surface area contributed by atoms with Crippen LogP contribution in [0.15, 0.2) is 66.7 Å². The van der Waals surface area contributed by atoms with Crippen LogP contribution >= 0.6 is 0 Å². The summed E-state index contributed by atoms with van der Waals surface area (Å²) in [6.45, 7) is 7.17. The van der Waals surface area contributed by atoms with Gasteiger partial charge in [-0.3, -0.25) is 19.2 Å². The van der Waals surface area contributed by atoms with Crippen LogP contribution in [0.4, 0.5) is 0 Å². The van der Waals surface area contributed by atoms with Gasteiger partial charge in [-0.1, -0.05) is 23.3 Å². The maximum Gasteiger partial charge on any atom is 0.198 e. The molecule has 6 N–H and O–H groups in total. The molecular weight excluding hydrogens is 544 g/mol. The molecule has 0 saturated heterocycles. The van der Waals surface area contributed by atoms with Gasteiger partial charge in [-0.05, 0) is 64.8 Å². The van der Waals surface area contributed by atoms with Gasteiger partial charge >= 0.3 is 0 Å². The van der Waals surface area contributed by atoms with Crippen LogP contribution in [-0.2, 0) is 0 Å². The summed E-state index contributed by atoms with van der Waals surface area (Å²) in [5.74, 6) is -2.79. The number of hydrogen-bond donors (Lipinski definition) is 6. The van der Waals surface area contributed by atoms with E-state index in [9.17, 15) is 49.8 Å². The Morgan fingerprint density at radius 1 is 0.619 bits per heavy atom. The van der Waals surface area contributed by atoms with Gasteiger partial charge in [-0.15, -0.1) is 0 Å². The van der Waals surface area contributed by atoms with Crippen molar-refractivity contribution >= 4 is 10.8 Å². The normalized spacial score (nSPS) is 12.8. The second kappa shape index (κ2) is 11.2. The van der Waals surface area contributed by atoms with E-state index in [0.29, 0.717) is 0 Å². The van der Waals surface area contributed by atoms with Crippen molar-refractivity contribution in [3.05, 3.63) is 110 Å². The van der Waals surface area contributed by atoms with E-state index in [1.807, 2.05) is 13.8 Å². The van der Waals surface area contributed by atoms with Gasteiger partial charge in [-0.2, -0.15) is 0 Å². The molecule has 0 bridgehead atoms. The highest BCUT2D eigenvalue weighted by Gasteiger charge is 2.26. The van der Waals surface area contributed by atoms with Crippen LogP contribution < -0.4 is 21.7 Å². The number of allylic oxidation sites excluding steroid dienone is 2. The summed E-state index contributed by atoms with van der Waals surface area (Å²) < 4.78 is 0. The molecule has 10 heteroatoms. The predicted octanol–water partition coefficient (Wildman–Crippen LogP) is 3.15. The highest BCUT2D eigenvalue weighted by Crippen LogP contribution is 2.50. The average Bonchev–Trinajstić information content (AvgIpc) is 2.91. The summed E-state index contributed by atoms with van der Waals surface area (Å²) in [5.41, 5.74) is -3.77. The van der Waals surface area contributed by atoms with E-state index in [-0.39, 0.29) is 24.0 Å². The number of rotatable bonds is 7. The zero-order valence-electron chi connectivity index (χ0n) is 23.3. The number of fused-ring (bicyclic) bond motifs is 1. The van der Waals surface area contributed by atoms with Crippen LogP contribution in [0.1, 0.15) is 63.9 Å². The van der Waals surface area contributed by atoms with Crippen LogP contribution in [0.2, 0.25) is 0 Å². The van der Waals surface area contributed by atoms with Crippen LogP contribution in [0.25, 0.3) is 21.9 Å². The van der Waals surface area contributed by atoms with Crippen molar-refractivity contribution in [3.8, 4) is 34.1 Å². The highest BCUT2D eigenvalue weighted by atomic mass is 16.3. The molecule has 0 spiro atoms. The second-order valence-electron chi connectivity index (χ2n) is 10.7. The first-order chi connectivity index (χ1) is 19.6. The van der Waals surface area contributed by atoms with E-state index in [1.54, 1.807) is 26.0 Å². The van der Waals surface area contributed by atoms with Gasteiger partial charge in [0.05, 0.1) is 33.4 Å². The average molecular weight is 575 g/mol. The first-order valence-electron chi connectivity index (χ1n) is 13.1. The molecule has 0 unspecified atom stereocenters. The Labute approximate surface area is 238 Å². The van der Waals surface area contributed by atoms with Crippen molar-refractivity contribution < 1.29 is 30.6 Å². The van der Waals surface area contributed by atoms with Crippen molar-refractivity contribution in [1.29, 1.82) is 0 Å². The predicted molar refractivity (Wildman–Crippen MR) is 157 cm³/mol. The van der Waals surface area contributed by atoms with Gasteiger partial charge in [0.15, 0.2) is 21.7 Å². The van der Waals surface area contributed by atoms with Crippen LogP contribution in [-0.4, -0.2) is 30.6 Å². The topological polar surface area (TPSA) is 190 Å². The summed E-state index contributed by atoms with van der Waals surface area (Å²) in [5, 5.41) is 62.2. The van der Waals surface area contributed by atoms with E-state index in [1.165, 1.54) is 0 Å². The first kappa shape index (κ1) is 30.2. The molecule has 4 rings (SSSR count). The lowest BCUT2D eigenvalue weighted by Crippen LogP contribution is -2.31. The molecule has 0 aliphatic heterocycles. The molecule has 2 aliphatic carbocycles. The third-order valence-corrected chi connectivity index (χ3v) is 7.11. The minimum absolute atomic E-state index is 0.00723. The third kappa shape index (κ3) is 5.17. The van der Waals surface area contributed by atoms with Gasteiger partial charge in [-0.25, -0.2) is 0 Å². The Morgan fingerprint density at radius 3 is 1.67 bits per heavy atom. The Bertz CT molecular complexity index is 2070. The van der Waals surface area contributed by atoms with Gasteiger partial charge in [0.1, 0.15) is 23.0 Å². The van der Waals surface area contributed by atoms with Gasteiger partial charge < -0.3 is 30.6 Å². The standard InChI is InChI=1S/C32H30O10/c1-13(2)5-7-19(33)17-11-23(37)25-27(31(17)41)21(35)9-15(29(25)39)16-10-22(36)28-26(30(16)40)24(38)12-18(32(28)42)20(34)8-6-14(3)4/h5-6,9-12,19-20,33-35,37,39,41H,7-8H2,1-4H3/t19-,20+/m0/s1. The summed E-state index contributed by atoms with van der Waals surface area (Å²) in [6.07, 6.45) is 0.784. The lowest BCUT2D eigenvalue weighted by atomic mass is 9.92. The summed E-state index contributed by atoms with van der Waals surface area (Å²) in [6, 6.07) is 3.41. The molecule has 218 valence electrons.